The summed E-state index contributed by atoms with van der Waals surface area (Å²) >= 11 is 0. The fraction of sp³-hybridized carbons (Fsp3) is 0.167. The van der Waals surface area contributed by atoms with Gasteiger partial charge in [-0.25, -0.2) is 0 Å². The van der Waals surface area contributed by atoms with Gasteiger partial charge in [0.05, 0.1) is 10.5 Å². The average molecular weight is 249 g/mol. The summed E-state index contributed by atoms with van der Waals surface area (Å²) in [5.74, 6) is -1.38. The highest BCUT2D eigenvalue weighted by Gasteiger charge is 2.21. The number of rotatable bonds is 6. The van der Waals surface area contributed by atoms with Gasteiger partial charge in [0, 0.05) is 6.07 Å². The van der Waals surface area contributed by atoms with E-state index < -0.39 is 23.1 Å². The van der Waals surface area contributed by atoms with E-state index in [4.69, 9.17) is 0 Å². The van der Waals surface area contributed by atoms with Crippen LogP contribution in [0.1, 0.15) is 16.8 Å². The first-order valence-electron chi connectivity index (χ1n) is 5.09. The highest BCUT2D eigenvalue weighted by Crippen LogP contribution is 2.19. The Morgan fingerprint density at radius 3 is 2.67 bits per heavy atom. The van der Waals surface area contributed by atoms with Gasteiger partial charge in [-0.3, -0.25) is 19.7 Å². The number of hydrogen-bond donors (Lipinski definition) is 0. The molecule has 1 aromatic rings. The minimum atomic E-state index is -0.738. The molecule has 0 aliphatic carbocycles. The molecule has 0 saturated heterocycles. The lowest BCUT2D eigenvalue weighted by molar-refractivity contribution is -0.385. The van der Waals surface area contributed by atoms with E-state index >= 15 is 0 Å². The van der Waals surface area contributed by atoms with Crippen molar-refractivity contribution in [2.75, 3.05) is 6.61 Å². The van der Waals surface area contributed by atoms with Gasteiger partial charge >= 0.3 is 5.97 Å². The van der Waals surface area contributed by atoms with Crippen LogP contribution >= 0.6 is 0 Å². The van der Waals surface area contributed by atoms with Gasteiger partial charge in [0.15, 0.2) is 5.78 Å². The molecule has 18 heavy (non-hydrogen) atoms. The number of Topliss-reactive ketones (excluding diaryl/α,β-unsaturated/α-hetero) is 1. The van der Waals surface area contributed by atoms with E-state index in [9.17, 15) is 19.7 Å². The Labute approximate surface area is 103 Å². The number of benzene rings is 1. The van der Waals surface area contributed by atoms with Crippen molar-refractivity contribution in [3.8, 4) is 0 Å². The van der Waals surface area contributed by atoms with Crippen LogP contribution in [0.3, 0.4) is 0 Å². The van der Waals surface area contributed by atoms with Gasteiger partial charge < -0.3 is 4.74 Å². The third-order valence-corrected chi connectivity index (χ3v) is 2.07. The Balaban J connectivity index is 2.81. The molecule has 0 aliphatic rings. The van der Waals surface area contributed by atoms with Crippen LogP contribution in [0.5, 0.6) is 0 Å². The van der Waals surface area contributed by atoms with Crippen LogP contribution in [-0.4, -0.2) is 23.3 Å². The molecule has 0 aliphatic heterocycles. The molecule has 1 rings (SSSR count). The minimum Gasteiger partial charge on any atom is -0.461 e. The minimum absolute atomic E-state index is 0.00297. The number of ether oxygens (including phenoxy) is 1. The van der Waals surface area contributed by atoms with Gasteiger partial charge in [0.25, 0.3) is 5.69 Å². The number of hydrogen-bond acceptors (Lipinski definition) is 5. The second-order valence-corrected chi connectivity index (χ2v) is 3.35. The summed E-state index contributed by atoms with van der Waals surface area (Å²) < 4.78 is 4.64. The summed E-state index contributed by atoms with van der Waals surface area (Å²) in [6.07, 6.45) is 0.839. The van der Waals surface area contributed by atoms with Crippen molar-refractivity contribution in [3.05, 3.63) is 52.6 Å². The van der Waals surface area contributed by atoms with Crippen LogP contribution < -0.4 is 0 Å². The summed E-state index contributed by atoms with van der Waals surface area (Å²) in [4.78, 5) is 33.0. The third-order valence-electron chi connectivity index (χ3n) is 2.07. The second kappa shape index (κ2) is 6.29. The van der Waals surface area contributed by atoms with Crippen LogP contribution in [0.25, 0.3) is 0 Å². The zero-order valence-electron chi connectivity index (χ0n) is 9.50. The van der Waals surface area contributed by atoms with Crippen molar-refractivity contribution in [3.63, 3.8) is 0 Å². The zero-order valence-corrected chi connectivity index (χ0v) is 9.50. The highest BCUT2D eigenvalue weighted by atomic mass is 16.6. The first-order chi connectivity index (χ1) is 8.56. The van der Waals surface area contributed by atoms with Crippen molar-refractivity contribution in [1.82, 2.24) is 0 Å². The van der Waals surface area contributed by atoms with Gasteiger partial charge in [0.2, 0.25) is 0 Å². The number of para-hydroxylation sites is 1. The number of nitrogens with zero attached hydrogens (tertiary/aromatic N) is 1. The predicted molar refractivity (Wildman–Crippen MR) is 63.2 cm³/mol. The fourth-order valence-electron chi connectivity index (χ4n) is 1.30. The largest absolute Gasteiger partial charge is 0.461 e. The van der Waals surface area contributed by atoms with Crippen molar-refractivity contribution < 1.29 is 19.2 Å². The Hall–Kier alpha value is -2.50. The Morgan fingerprint density at radius 1 is 1.39 bits per heavy atom. The molecule has 6 heteroatoms. The molecule has 0 heterocycles. The standard InChI is InChI=1S/C12H11NO5/c1-2-7-18-12(15)8-11(14)9-5-3-4-6-10(9)13(16)17/h2-6H,1,7-8H2. The lowest BCUT2D eigenvalue weighted by Crippen LogP contribution is -2.12. The van der Waals surface area contributed by atoms with E-state index in [2.05, 4.69) is 11.3 Å². The van der Waals surface area contributed by atoms with E-state index in [1.54, 1.807) is 0 Å². The zero-order chi connectivity index (χ0) is 13.5. The Bertz CT molecular complexity index is 495. The molecular formula is C12H11NO5. The van der Waals surface area contributed by atoms with Gasteiger partial charge in [0.1, 0.15) is 13.0 Å². The summed E-state index contributed by atoms with van der Waals surface area (Å²) in [5.41, 5.74) is -0.419. The number of nitro benzene ring substituents is 1. The van der Waals surface area contributed by atoms with Gasteiger partial charge in [-0.05, 0) is 6.07 Å². The Morgan fingerprint density at radius 2 is 2.06 bits per heavy atom. The lowest BCUT2D eigenvalue weighted by Gasteiger charge is -2.02. The average Bonchev–Trinajstić information content (AvgIpc) is 2.36. The first kappa shape index (κ1) is 13.6. The molecule has 0 radical (unpaired) electrons. The van der Waals surface area contributed by atoms with Crippen molar-refractivity contribution in [2.45, 2.75) is 6.42 Å². The summed E-state index contributed by atoms with van der Waals surface area (Å²) in [5, 5.41) is 10.7. The summed E-state index contributed by atoms with van der Waals surface area (Å²) in [7, 11) is 0. The van der Waals surface area contributed by atoms with E-state index in [1.807, 2.05) is 0 Å². The van der Waals surface area contributed by atoms with Gasteiger partial charge in [-0.1, -0.05) is 24.8 Å². The van der Waals surface area contributed by atoms with E-state index in [1.165, 1.54) is 30.3 Å². The first-order valence-corrected chi connectivity index (χ1v) is 5.09. The van der Waals surface area contributed by atoms with Crippen molar-refractivity contribution in [1.29, 1.82) is 0 Å². The SMILES string of the molecule is C=CCOC(=O)CC(=O)c1ccccc1[N+](=O)[O-]. The highest BCUT2D eigenvalue weighted by molar-refractivity contribution is 6.08. The number of esters is 1. The lowest BCUT2D eigenvalue weighted by atomic mass is 10.1. The molecule has 0 N–H and O–H groups in total. The number of carbonyl (C=O) groups excluding carboxylic acids is 2. The molecule has 0 bridgehead atoms. The summed E-state index contributed by atoms with van der Waals surface area (Å²) in [6, 6.07) is 5.46. The topological polar surface area (TPSA) is 86.5 Å². The number of ketones is 1. The number of nitro groups is 1. The molecule has 0 unspecified atom stereocenters. The maximum atomic E-state index is 11.7. The van der Waals surface area contributed by atoms with E-state index in [-0.39, 0.29) is 17.9 Å². The van der Waals surface area contributed by atoms with Crippen LogP contribution in [-0.2, 0) is 9.53 Å². The fourth-order valence-corrected chi connectivity index (χ4v) is 1.30. The van der Waals surface area contributed by atoms with Gasteiger partial charge in [-0.15, -0.1) is 0 Å². The molecule has 0 amide bonds. The van der Waals surface area contributed by atoms with Crippen LogP contribution in [0.2, 0.25) is 0 Å². The molecule has 1 aromatic carbocycles. The summed E-state index contributed by atoms with van der Waals surface area (Å²) in [6.45, 7) is 3.36. The smallest absolute Gasteiger partial charge is 0.314 e. The van der Waals surface area contributed by atoms with E-state index in [0.717, 1.165) is 0 Å². The van der Waals surface area contributed by atoms with Crippen molar-refractivity contribution in [2.24, 2.45) is 0 Å². The number of carbonyl (C=O) groups is 2. The molecule has 0 saturated carbocycles. The van der Waals surface area contributed by atoms with Crippen molar-refractivity contribution >= 4 is 17.4 Å². The molecule has 0 fully saturated rings. The molecule has 0 spiro atoms. The van der Waals surface area contributed by atoms with E-state index in [0.29, 0.717) is 0 Å². The predicted octanol–water partition coefficient (Wildman–Crippen LogP) is 1.90. The maximum Gasteiger partial charge on any atom is 0.314 e. The maximum absolute atomic E-state index is 11.7. The van der Waals surface area contributed by atoms with Crippen LogP contribution in [0.15, 0.2) is 36.9 Å². The van der Waals surface area contributed by atoms with Gasteiger partial charge in [-0.2, -0.15) is 0 Å². The molecule has 0 aromatic heterocycles. The van der Waals surface area contributed by atoms with Crippen LogP contribution in [0.4, 0.5) is 5.69 Å². The monoisotopic (exact) mass is 249 g/mol. The third kappa shape index (κ3) is 3.51. The molecule has 6 nitrogen and oxygen atoms in total. The van der Waals surface area contributed by atoms with Crippen LogP contribution in [0, 0.1) is 10.1 Å². The molecule has 0 atom stereocenters. The Kier molecular flexibility index (Phi) is 4.74. The molecular weight excluding hydrogens is 238 g/mol. The quantitative estimate of drug-likeness (QED) is 0.192. The second-order valence-electron chi connectivity index (χ2n) is 3.35. The molecule has 94 valence electrons. The normalized spacial score (nSPS) is 9.56.